The van der Waals surface area contributed by atoms with Gasteiger partial charge in [-0.1, -0.05) is 48.5 Å². The van der Waals surface area contributed by atoms with Crippen molar-refractivity contribution >= 4 is 16.1 Å². The van der Waals surface area contributed by atoms with E-state index in [0.717, 1.165) is 11.8 Å². The van der Waals surface area contributed by atoms with Crippen LogP contribution in [0.1, 0.15) is 15.9 Å². The van der Waals surface area contributed by atoms with Crippen LogP contribution in [0.3, 0.4) is 0 Å². The second-order valence-corrected chi connectivity index (χ2v) is 10.2. The predicted molar refractivity (Wildman–Crippen MR) is 148 cm³/mol. The van der Waals surface area contributed by atoms with Crippen molar-refractivity contribution in [2.24, 2.45) is 0 Å². The van der Waals surface area contributed by atoms with Gasteiger partial charge in [-0.05, 0) is 47.0 Å². The minimum absolute atomic E-state index is 0.0425. The summed E-state index contributed by atoms with van der Waals surface area (Å²) in [6.07, 6.45) is 0.928. The van der Waals surface area contributed by atoms with Crippen LogP contribution in [0.2, 0.25) is 0 Å². The van der Waals surface area contributed by atoms with E-state index in [1.165, 1.54) is 51.7 Å². The van der Waals surface area contributed by atoms with Crippen LogP contribution in [-0.4, -0.2) is 42.0 Å². The van der Waals surface area contributed by atoms with Crippen LogP contribution in [0.25, 0.3) is 22.3 Å². The average Bonchev–Trinajstić information content (AvgIpc) is 2.95. The van der Waals surface area contributed by atoms with Gasteiger partial charge < -0.3 is 23.1 Å². The first-order chi connectivity index (χ1) is 19.1. The maximum Gasteiger partial charge on any atom is 0.342 e. The van der Waals surface area contributed by atoms with E-state index in [0.29, 0.717) is 22.3 Å². The lowest BCUT2D eigenvalue weighted by Crippen LogP contribution is -2.10. The molecule has 4 aromatic rings. The molecule has 0 fully saturated rings. The molecule has 0 aliphatic rings. The topological polar surface area (TPSA) is 97.4 Å². The van der Waals surface area contributed by atoms with Gasteiger partial charge in [0.15, 0.2) is 11.5 Å². The van der Waals surface area contributed by atoms with Crippen LogP contribution in [0, 0.1) is 5.82 Å². The van der Waals surface area contributed by atoms with Gasteiger partial charge in [-0.15, -0.1) is 0 Å². The van der Waals surface area contributed by atoms with Gasteiger partial charge in [-0.25, -0.2) is 9.18 Å². The molecule has 0 bridgehead atoms. The van der Waals surface area contributed by atoms with Gasteiger partial charge >= 0.3 is 16.1 Å². The van der Waals surface area contributed by atoms with Crippen LogP contribution < -0.4 is 18.4 Å². The highest BCUT2D eigenvalue weighted by Gasteiger charge is 2.28. The Bertz CT molecular complexity index is 1620. The summed E-state index contributed by atoms with van der Waals surface area (Å²) in [5.41, 5.74) is 2.58. The fourth-order valence-corrected chi connectivity index (χ4v) is 4.64. The predicted octanol–water partition coefficient (Wildman–Crippen LogP) is 5.88. The molecule has 0 aromatic heterocycles. The Morgan fingerprint density at radius 3 is 2.08 bits per heavy atom. The highest BCUT2D eigenvalue weighted by molar-refractivity contribution is 7.86. The van der Waals surface area contributed by atoms with Gasteiger partial charge in [0.25, 0.3) is 0 Å². The summed E-state index contributed by atoms with van der Waals surface area (Å²) < 4.78 is 65.4. The number of hydrogen-bond acceptors (Lipinski definition) is 8. The summed E-state index contributed by atoms with van der Waals surface area (Å²) in [4.78, 5) is 13.1. The lowest BCUT2D eigenvalue weighted by Gasteiger charge is -2.21. The Morgan fingerprint density at radius 2 is 1.48 bits per heavy atom. The third-order valence-corrected chi connectivity index (χ3v) is 6.41. The summed E-state index contributed by atoms with van der Waals surface area (Å²) in [7, 11) is 0.121. The van der Waals surface area contributed by atoms with Crippen molar-refractivity contribution < 1.29 is 40.7 Å². The van der Waals surface area contributed by atoms with Crippen LogP contribution in [-0.2, 0) is 21.5 Å². The molecule has 10 heteroatoms. The van der Waals surface area contributed by atoms with E-state index in [9.17, 15) is 17.6 Å². The molecule has 0 aliphatic carbocycles. The van der Waals surface area contributed by atoms with Gasteiger partial charge in [-0.2, -0.15) is 8.42 Å². The summed E-state index contributed by atoms with van der Waals surface area (Å²) >= 11 is 0. The van der Waals surface area contributed by atoms with Gasteiger partial charge in [0, 0.05) is 11.1 Å². The summed E-state index contributed by atoms with van der Waals surface area (Å²) in [5.74, 6) is -0.613. The van der Waals surface area contributed by atoms with E-state index in [-0.39, 0.29) is 35.2 Å². The van der Waals surface area contributed by atoms with Gasteiger partial charge in [0.1, 0.15) is 29.5 Å². The van der Waals surface area contributed by atoms with E-state index in [1.54, 1.807) is 18.2 Å². The molecule has 4 rings (SSSR count). The molecular weight excluding hydrogens is 539 g/mol. The van der Waals surface area contributed by atoms with Crippen molar-refractivity contribution in [1.82, 2.24) is 0 Å². The fraction of sp³-hybridized carbons (Fsp3) is 0.167. The molecule has 4 aromatic carbocycles. The van der Waals surface area contributed by atoms with Crippen molar-refractivity contribution in [3.05, 3.63) is 95.8 Å². The molecule has 208 valence electrons. The fourth-order valence-electron chi connectivity index (χ4n) is 4.19. The Morgan fingerprint density at radius 1 is 0.800 bits per heavy atom. The Balaban J connectivity index is 1.90. The quantitative estimate of drug-likeness (QED) is 0.173. The minimum Gasteiger partial charge on any atom is -0.496 e. The van der Waals surface area contributed by atoms with Gasteiger partial charge in [0.2, 0.25) is 0 Å². The largest absolute Gasteiger partial charge is 0.496 e. The Labute approximate surface area is 232 Å². The number of carbonyl (C=O) groups is 1. The molecule has 0 amide bonds. The van der Waals surface area contributed by atoms with E-state index >= 15 is 0 Å². The average molecular weight is 567 g/mol. The van der Waals surface area contributed by atoms with Crippen LogP contribution in [0.15, 0.2) is 78.9 Å². The number of halogens is 1. The van der Waals surface area contributed by atoms with Crippen LogP contribution in [0.5, 0.6) is 23.0 Å². The zero-order valence-corrected chi connectivity index (χ0v) is 23.1. The Hall–Kier alpha value is -4.57. The van der Waals surface area contributed by atoms with Crippen molar-refractivity contribution in [2.75, 3.05) is 27.6 Å². The molecule has 8 nitrogen and oxygen atoms in total. The number of methoxy groups -OCH3 is 3. The number of hydrogen-bond donors (Lipinski definition) is 0. The second-order valence-electron chi connectivity index (χ2n) is 8.63. The molecule has 0 atom stereocenters. The zero-order valence-electron chi connectivity index (χ0n) is 22.3. The second kappa shape index (κ2) is 12.1. The van der Waals surface area contributed by atoms with E-state index < -0.39 is 21.9 Å². The van der Waals surface area contributed by atoms with E-state index in [4.69, 9.17) is 23.1 Å². The molecule has 0 radical (unpaired) electrons. The maximum absolute atomic E-state index is 13.7. The summed E-state index contributed by atoms with van der Waals surface area (Å²) in [6.45, 7) is 0.177. The maximum atomic E-state index is 13.7. The van der Waals surface area contributed by atoms with Crippen molar-refractivity contribution in [1.29, 1.82) is 0 Å². The zero-order chi connectivity index (χ0) is 28.9. The monoisotopic (exact) mass is 566 g/mol. The molecule has 0 N–H and O–H groups in total. The highest BCUT2D eigenvalue weighted by atomic mass is 32.2. The van der Waals surface area contributed by atoms with E-state index in [1.807, 2.05) is 30.3 Å². The Kier molecular flexibility index (Phi) is 8.59. The number of esters is 1. The number of rotatable bonds is 10. The first-order valence-corrected chi connectivity index (χ1v) is 13.8. The van der Waals surface area contributed by atoms with E-state index in [2.05, 4.69) is 0 Å². The van der Waals surface area contributed by atoms with Crippen molar-refractivity contribution in [3.63, 3.8) is 0 Å². The molecule has 0 unspecified atom stereocenters. The summed E-state index contributed by atoms with van der Waals surface area (Å²) in [5, 5.41) is 0. The molecule has 0 saturated carbocycles. The molecular formula is C30H27FO8S. The number of ether oxygens (including phenoxy) is 4. The first kappa shape index (κ1) is 28.4. The molecule has 0 aliphatic heterocycles. The lowest BCUT2D eigenvalue weighted by molar-refractivity contribution is 0.0597. The molecule has 0 saturated heterocycles. The normalized spacial score (nSPS) is 11.0. The number of carbonyl (C=O) groups excluding carboxylic acids is 1. The molecule has 0 heterocycles. The third-order valence-electron chi connectivity index (χ3n) is 5.92. The number of benzene rings is 4. The highest BCUT2D eigenvalue weighted by Crippen LogP contribution is 2.47. The van der Waals surface area contributed by atoms with Crippen LogP contribution >= 0.6 is 0 Å². The lowest BCUT2D eigenvalue weighted by atomic mass is 9.92. The van der Waals surface area contributed by atoms with Crippen molar-refractivity contribution in [3.8, 4) is 45.3 Å². The minimum atomic E-state index is -3.92. The first-order valence-electron chi connectivity index (χ1n) is 12.0. The summed E-state index contributed by atoms with van der Waals surface area (Å²) in [6, 6.07) is 21.2. The SMILES string of the molecule is COC(=O)c1c(OC)c(-c2ccc(OCc3ccccc3)c(OS(C)(=O)=O)c2)cc(OC)c1-c1ccc(F)cc1. The standard InChI is InChI=1S/C30H27FO8S/c1-35-26-17-23(29(36-2)28(30(32)37-3)27(26)20-10-13-22(31)14-11-20)21-12-15-24(25(16-21)39-40(4,33)34)38-18-19-8-6-5-7-9-19/h5-17H,18H2,1-4H3. The molecule has 40 heavy (non-hydrogen) atoms. The smallest absolute Gasteiger partial charge is 0.342 e. The third kappa shape index (κ3) is 6.35. The van der Waals surface area contributed by atoms with Gasteiger partial charge in [-0.3, -0.25) is 0 Å². The molecule has 0 spiro atoms. The van der Waals surface area contributed by atoms with Crippen LogP contribution in [0.4, 0.5) is 4.39 Å². The van der Waals surface area contributed by atoms with Gasteiger partial charge in [0.05, 0.1) is 27.6 Å². The van der Waals surface area contributed by atoms with Crippen molar-refractivity contribution in [2.45, 2.75) is 6.61 Å².